The molecule has 0 amide bonds. The fourth-order valence-electron chi connectivity index (χ4n) is 1.94. The molecule has 0 radical (unpaired) electrons. The van der Waals surface area contributed by atoms with Gasteiger partial charge in [0.2, 0.25) is 0 Å². The SMILES string of the molecule is O=C(O)C1NCCNC1c1ccccc1Br. The number of carboxylic acids is 1. The van der Waals surface area contributed by atoms with Crippen molar-refractivity contribution in [2.45, 2.75) is 12.1 Å². The Labute approximate surface area is 102 Å². The normalized spacial score (nSPS) is 25.3. The van der Waals surface area contributed by atoms with Crippen LogP contribution in [0.3, 0.4) is 0 Å². The number of rotatable bonds is 2. The van der Waals surface area contributed by atoms with Crippen molar-refractivity contribution in [3.8, 4) is 0 Å². The molecule has 2 unspecified atom stereocenters. The highest BCUT2D eigenvalue weighted by atomic mass is 79.9. The number of benzene rings is 1. The van der Waals surface area contributed by atoms with E-state index < -0.39 is 12.0 Å². The van der Waals surface area contributed by atoms with E-state index in [1.165, 1.54) is 0 Å². The molecular weight excluding hydrogens is 272 g/mol. The first-order valence-corrected chi connectivity index (χ1v) is 5.93. The van der Waals surface area contributed by atoms with Crippen LogP contribution in [0.4, 0.5) is 0 Å². The maximum absolute atomic E-state index is 11.1. The lowest BCUT2D eigenvalue weighted by atomic mass is 9.97. The Kier molecular flexibility index (Phi) is 3.58. The molecule has 1 aromatic carbocycles. The molecule has 2 rings (SSSR count). The number of nitrogens with one attached hydrogen (secondary N) is 2. The summed E-state index contributed by atoms with van der Waals surface area (Å²) >= 11 is 3.45. The average Bonchev–Trinajstić information content (AvgIpc) is 2.29. The molecule has 1 aromatic rings. The second kappa shape index (κ2) is 4.95. The monoisotopic (exact) mass is 284 g/mol. The van der Waals surface area contributed by atoms with Gasteiger partial charge in [-0.1, -0.05) is 34.1 Å². The molecule has 0 spiro atoms. The molecule has 0 saturated carbocycles. The minimum absolute atomic E-state index is 0.193. The van der Waals surface area contributed by atoms with E-state index in [9.17, 15) is 4.79 Å². The maximum Gasteiger partial charge on any atom is 0.322 e. The quantitative estimate of drug-likeness (QED) is 0.762. The summed E-state index contributed by atoms with van der Waals surface area (Å²) in [6.07, 6.45) is 0. The number of carbonyl (C=O) groups is 1. The summed E-state index contributed by atoms with van der Waals surface area (Å²) < 4.78 is 0.933. The molecule has 1 fully saturated rings. The van der Waals surface area contributed by atoms with Gasteiger partial charge in [0, 0.05) is 17.6 Å². The summed E-state index contributed by atoms with van der Waals surface area (Å²) in [5.74, 6) is -0.826. The van der Waals surface area contributed by atoms with E-state index >= 15 is 0 Å². The van der Waals surface area contributed by atoms with Gasteiger partial charge >= 0.3 is 5.97 Å². The third kappa shape index (κ3) is 2.26. The Hall–Kier alpha value is -0.910. The van der Waals surface area contributed by atoms with Crippen molar-refractivity contribution >= 4 is 21.9 Å². The number of halogens is 1. The zero-order valence-corrected chi connectivity index (χ0v) is 10.2. The summed E-state index contributed by atoms with van der Waals surface area (Å²) in [7, 11) is 0. The van der Waals surface area contributed by atoms with Gasteiger partial charge in [0.15, 0.2) is 0 Å². The maximum atomic E-state index is 11.1. The lowest BCUT2D eigenvalue weighted by molar-refractivity contribution is -0.140. The number of hydrogen-bond donors (Lipinski definition) is 3. The van der Waals surface area contributed by atoms with Gasteiger partial charge in [-0.3, -0.25) is 4.79 Å². The fraction of sp³-hybridized carbons (Fsp3) is 0.364. The Balaban J connectivity index is 2.30. The number of hydrogen-bond acceptors (Lipinski definition) is 3. The zero-order valence-electron chi connectivity index (χ0n) is 8.61. The van der Waals surface area contributed by atoms with Gasteiger partial charge in [0.05, 0.1) is 6.04 Å². The smallest absolute Gasteiger partial charge is 0.322 e. The van der Waals surface area contributed by atoms with E-state index in [-0.39, 0.29) is 6.04 Å². The topological polar surface area (TPSA) is 61.4 Å². The molecule has 4 nitrogen and oxygen atoms in total. The van der Waals surface area contributed by atoms with Crippen molar-refractivity contribution in [3.63, 3.8) is 0 Å². The molecule has 1 aliphatic rings. The minimum Gasteiger partial charge on any atom is -0.480 e. The van der Waals surface area contributed by atoms with Crippen LogP contribution in [0.25, 0.3) is 0 Å². The van der Waals surface area contributed by atoms with Gasteiger partial charge in [0.1, 0.15) is 6.04 Å². The van der Waals surface area contributed by atoms with E-state index in [0.29, 0.717) is 6.54 Å². The van der Waals surface area contributed by atoms with Gasteiger partial charge in [-0.05, 0) is 11.6 Å². The Morgan fingerprint density at radius 3 is 2.69 bits per heavy atom. The molecule has 1 heterocycles. The van der Waals surface area contributed by atoms with E-state index in [0.717, 1.165) is 16.6 Å². The predicted molar refractivity (Wildman–Crippen MR) is 64.3 cm³/mol. The first-order chi connectivity index (χ1) is 7.70. The molecule has 3 N–H and O–H groups in total. The first kappa shape index (κ1) is 11.6. The van der Waals surface area contributed by atoms with E-state index in [1.54, 1.807) is 0 Å². The summed E-state index contributed by atoms with van der Waals surface area (Å²) in [4.78, 5) is 11.1. The second-order valence-electron chi connectivity index (χ2n) is 3.72. The van der Waals surface area contributed by atoms with Crippen LogP contribution in [0, 0.1) is 0 Å². The van der Waals surface area contributed by atoms with Crippen molar-refractivity contribution in [1.29, 1.82) is 0 Å². The number of aliphatic carboxylic acids is 1. The van der Waals surface area contributed by atoms with E-state index in [4.69, 9.17) is 5.11 Å². The van der Waals surface area contributed by atoms with Gasteiger partial charge in [-0.15, -0.1) is 0 Å². The van der Waals surface area contributed by atoms with Crippen LogP contribution in [-0.4, -0.2) is 30.2 Å². The fourth-order valence-corrected chi connectivity index (χ4v) is 2.47. The average molecular weight is 285 g/mol. The molecular formula is C11H13BrN2O2. The van der Waals surface area contributed by atoms with Crippen molar-refractivity contribution in [3.05, 3.63) is 34.3 Å². The predicted octanol–water partition coefficient (Wildman–Crippen LogP) is 1.14. The minimum atomic E-state index is -0.826. The third-order valence-corrected chi connectivity index (χ3v) is 3.42. The van der Waals surface area contributed by atoms with Crippen molar-refractivity contribution in [2.24, 2.45) is 0 Å². The van der Waals surface area contributed by atoms with Gasteiger partial charge < -0.3 is 15.7 Å². The van der Waals surface area contributed by atoms with Crippen LogP contribution >= 0.6 is 15.9 Å². The Bertz CT molecular complexity index is 397. The second-order valence-corrected chi connectivity index (χ2v) is 4.58. The van der Waals surface area contributed by atoms with Crippen LogP contribution in [0.1, 0.15) is 11.6 Å². The lowest BCUT2D eigenvalue weighted by Gasteiger charge is -2.31. The number of carboxylic acid groups (broad SMARTS) is 1. The molecule has 0 aromatic heterocycles. The van der Waals surface area contributed by atoms with E-state index in [2.05, 4.69) is 26.6 Å². The van der Waals surface area contributed by atoms with Gasteiger partial charge in [0.25, 0.3) is 0 Å². The molecule has 86 valence electrons. The van der Waals surface area contributed by atoms with Crippen LogP contribution in [0.2, 0.25) is 0 Å². The van der Waals surface area contributed by atoms with Crippen LogP contribution in [0.5, 0.6) is 0 Å². The highest BCUT2D eigenvalue weighted by Crippen LogP contribution is 2.26. The van der Waals surface area contributed by atoms with E-state index in [1.807, 2.05) is 24.3 Å². The van der Waals surface area contributed by atoms with Crippen molar-refractivity contribution in [2.75, 3.05) is 13.1 Å². The zero-order chi connectivity index (χ0) is 11.5. The summed E-state index contributed by atoms with van der Waals surface area (Å²) in [6.45, 7) is 1.45. The Morgan fingerprint density at radius 2 is 2.00 bits per heavy atom. The largest absolute Gasteiger partial charge is 0.480 e. The molecule has 0 bridgehead atoms. The summed E-state index contributed by atoms with van der Waals surface area (Å²) in [5.41, 5.74) is 0.974. The molecule has 16 heavy (non-hydrogen) atoms. The third-order valence-electron chi connectivity index (χ3n) is 2.69. The molecule has 0 aliphatic carbocycles. The molecule has 5 heteroatoms. The van der Waals surface area contributed by atoms with Crippen molar-refractivity contribution in [1.82, 2.24) is 10.6 Å². The van der Waals surface area contributed by atoms with Crippen LogP contribution in [0.15, 0.2) is 28.7 Å². The molecule has 1 saturated heterocycles. The molecule has 2 atom stereocenters. The summed E-state index contributed by atoms with van der Waals surface area (Å²) in [6, 6.07) is 6.92. The van der Waals surface area contributed by atoms with Crippen LogP contribution < -0.4 is 10.6 Å². The number of piperazine rings is 1. The van der Waals surface area contributed by atoms with Gasteiger partial charge in [-0.2, -0.15) is 0 Å². The van der Waals surface area contributed by atoms with Gasteiger partial charge in [-0.25, -0.2) is 0 Å². The van der Waals surface area contributed by atoms with Crippen LogP contribution in [-0.2, 0) is 4.79 Å². The molecule has 1 aliphatic heterocycles. The highest BCUT2D eigenvalue weighted by molar-refractivity contribution is 9.10. The highest BCUT2D eigenvalue weighted by Gasteiger charge is 2.32. The summed E-state index contributed by atoms with van der Waals surface area (Å²) in [5, 5.41) is 15.4. The van der Waals surface area contributed by atoms with Crippen molar-refractivity contribution < 1.29 is 9.90 Å². The first-order valence-electron chi connectivity index (χ1n) is 5.14. The lowest BCUT2D eigenvalue weighted by Crippen LogP contribution is -2.54. The standard InChI is InChI=1S/C11H13BrN2O2/c12-8-4-2-1-3-7(8)9-10(11(15)16)14-6-5-13-9/h1-4,9-10,13-14H,5-6H2,(H,15,16). The Morgan fingerprint density at radius 1 is 1.31 bits per heavy atom.